The summed E-state index contributed by atoms with van der Waals surface area (Å²) in [6, 6.07) is 0. The standard InChI is InChI=1S/C6H11NO2.H2/c1-5(8)3-4-7-6(2)9;/h3-4H2,1-2H3,(H,7,9);1H. The summed E-state index contributed by atoms with van der Waals surface area (Å²) in [4.78, 5) is 20.5. The predicted molar refractivity (Wildman–Crippen MR) is 36.1 cm³/mol. The van der Waals surface area contributed by atoms with Crippen molar-refractivity contribution < 1.29 is 11.0 Å². The van der Waals surface area contributed by atoms with Crippen molar-refractivity contribution in [3.05, 3.63) is 0 Å². The highest BCUT2D eigenvalue weighted by Gasteiger charge is 1.92. The third-order valence-electron chi connectivity index (χ3n) is 0.851. The fourth-order valence-corrected chi connectivity index (χ4v) is 0.415. The summed E-state index contributed by atoms with van der Waals surface area (Å²) in [6.07, 6.45) is 0.430. The first-order valence-electron chi connectivity index (χ1n) is 2.87. The lowest BCUT2D eigenvalue weighted by molar-refractivity contribution is -0.119. The second-order valence-corrected chi connectivity index (χ2v) is 1.93. The molecule has 0 heterocycles. The first-order chi connectivity index (χ1) is 4.13. The molecule has 0 aromatic carbocycles. The van der Waals surface area contributed by atoms with E-state index in [1.807, 2.05) is 0 Å². The highest BCUT2D eigenvalue weighted by molar-refractivity contribution is 5.77. The molecule has 0 spiro atoms. The zero-order valence-corrected chi connectivity index (χ0v) is 5.73. The second kappa shape index (κ2) is 4.06. The number of rotatable bonds is 3. The molecular weight excluding hydrogens is 118 g/mol. The maximum Gasteiger partial charge on any atom is 0.216 e. The summed E-state index contributed by atoms with van der Waals surface area (Å²) < 4.78 is 0. The van der Waals surface area contributed by atoms with Crippen molar-refractivity contribution in [2.75, 3.05) is 6.54 Å². The van der Waals surface area contributed by atoms with Gasteiger partial charge in [0.15, 0.2) is 0 Å². The quantitative estimate of drug-likeness (QED) is 0.600. The Kier molecular flexibility index (Phi) is 3.67. The molecule has 0 aliphatic rings. The van der Waals surface area contributed by atoms with Crippen LogP contribution in [-0.4, -0.2) is 18.2 Å². The molecule has 0 saturated carbocycles. The summed E-state index contributed by atoms with van der Waals surface area (Å²) in [7, 11) is 0. The topological polar surface area (TPSA) is 46.2 Å². The van der Waals surface area contributed by atoms with Gasteiger partial charge in [-0.05, 0) is 6.92 Å². The molecule has 1 amide bonds. The monoisotopic (exact) mass is 131 g/mol. The molecule has 1 N–H and O–H groups in total. The number of carbonyl (C=O) groups excluding carboxylic acids is 2. The Bertz CT molecular complexity index is 111. The Hall–Kier alpha value is -0.860. The van der Waals surface area contributed by atoms with Crippen LogP contribution in [0.15, 0.2) is 0 Å². The third-order valence-corrected chi connectivity index (χ3v) is 0.851. The first-order valence-corrected chi connectivity index (χ1v) is 2.87. The Balaban J connectivity index is 0. The molecule has 0 unspecified atom stereocenters. The van der Waals surface area contributed by atoms with Gasteiger partial charge in [0, 0.05) is 21.3 Å². The van der Waals surface area contributed by atoms with Crippen molar-refractivity contribution in [3.63, 3.8) is 0 Å². The lowest BCUT2D eigenvalue weighted by Gasteiger charge is -1.96. The minimum absolute atomic E-state index is 0. The average molecular weight is 131 g/mol. The SMILES string of the molecule is CC(=O)CCNC(C)=O.[HH]. The Morgan fingerprint density at radius 3 is 2.33 bits per heavy atom. The van der Waals surface area contributed by atoms with Crippen LogP contribution >= 0.6 is 0 Å². The van der Waals surface area contributed by atoms with Crippen molar-refractivity contribution in [2.24, 2.45) is 0 Å². The number of amides is 1. The molecule has 9 heavy (non-hydrogen) atoms. The van der Waals surface area contributed by atoms with Crippen molar-refractivity contribution in [2.45, 2.75) is 20.3 Å². The highest BCUT2D eigenvalue weighted by Crippen LogP contribution is 1.76. The van der Waals surface area contributed by atoms with E-state index in [2.05, 4.69) is 5.32 Å². The van der Waals surface area contributed by atoms with Gasteiger partial charge in [0.2, 0.25) is 5.91 Å². The van der Waals surface area contributed by atoms with Crippen LogP contribution < -0.4 is 5.32 Å². The normalized spacial score (nSPS) is 8.67. The van der Waals surface area contributed by atoms with E-state index in [-0.39, 0.29) is 13.1 Å². The van der Waals surface area contributed by atoms with Crippen LogP contribution in [0.2, 0.25) is 0 Å². The van der Waals surface area contributed by atoms with Crippen LogP contribution in [0.3, 0.4) is 0 Å². The van der Waals surface area contributed by atoms with E-state index < -0.39 is 0 Å². The van der Waals surface area contributed by atoms with Gasteiger partial charge >= 0.3 is 0 Å². The summed E-state index contributed by atoms with van der Waals surface area (Å²) in [6.45, 7) is 3.40. The van der Waals surface area contributed by atoms with Crippen LogP contribution in [0.5, 0.6) is 0 Å². The molecule has 0 aromatic heterocycles. The van der Waals surface area contributed by atoms with E-state index in [0.29, 0.717) is 13.0 Å². The minimum Gasteiger partial charge on any atom is -0.356 e. The minimum atomic E-state index is -0.0868. The van der Waals surface area contributed by atoms with Crippen LogP contribution in [0, 0.1) is 0 Å². The number of ketones is 1. The van der Waals surface area contributed by atoms with Crippen LogP contribution in [-0.2, 0) is 9.59 Å². The van der Waals surface area contributed by atoms with Gasteiger partial charge in [0.25, 0.3) is 0 Å². The molecule has 0 bridgehead atoms. The summed E-state index contributed by atoms with van der Waals surface area (Å²) >= 11 is 0. The zero-order chi connectivity index (χ0) is 7.28. The van der Waals surface area contributed by atoms with Crippen molar-refractivity contribution in [1.29, 1.82) is 0 Å². The van der Waals surface area contributed by atoms with Gasteiger partial charge in [-0.25, -0.2) is 0 Å². The second-order valence-electron chi connectivity index (χ2n) is 1.93. The average Bonchev–Trinajstić information content (AvgIpc) is 1.63. The van der Waals surface area contributed by atoms with Gasteiger partial charge in [-0.2, -0.15) is 0 Å². The largest absolute Gasteiger partial charge is 0.356 e. The molecule has 54 valence electrons. The number of carbonyl (C=O) groups is 2. The van der Waals surface area contributed by atoms with E-state index in [1.165, 1.54) is 13.8 Å². The van der Waals surface area contributed by atoms with E-state index in [0.717, 1.165) is 0 Å². The van der Waals surface area contributed by atoms with E-state index in [1.54, 1.807) is 0 Å². The molecule has 0 fully saturated rings. The number of Topliss-reactive ketones (excluding diaryl/α,β-unsaturated/α-hetero) is 1. The van der Waals surface area contributed by atoms with Gasteiger partial charge < -0.3 is 5.32 Å². The van der Waals surface area contributed by atoms with E-state index in [4.69, 9.17) is 0 Å². The molecule has 0 aromatic rings. The highest BCUT2D eigenvalue weighted by atomic mass is 16.1. The molecule has 0 rings (SSSR count). The molecule has 0 radical (unpaired) electrons. The summed E-state index contributed by atoms with van der Waals surface area (Å²) in [5.41, 5.74) is 0. The maximum atomic E-state index is 10.3. The van der Waals surface area contributed by atoms with Crippen molar-refractivity contribution >= 4 is 11.7 Å². The van der Waals surface area contributed by atoms with Crippen molar-refractivity contribution in [1.82, 2.24) is 5.32 Å². The lowest BCUT2D eigenvalue weighted by Crippen LogP contribution is -2.22. The fourth-order valence-electron chi connectivity index (χ4n) is 0.415. The van der Waals surface area contributed by atoms with Crippen LogP contribution in [0.1, 0.15) is 21.7 Å². The first kappa shape index (κ1) is 8.14. The Labute approximate surface area is 55.9 Å². The molecule has 0 atom stereocenters. The van der Waals surface area contributed by atoms with Gasteiger partial charge in [-0.1, -0.05) is 0 Å². The molecule has 3 heteroatoms. The molecule has 0 aliphatic carbocycles. The number of hydrogen-bond acceptors (Lipinski definition) is 2. The number of hydrogen-bond donors (Lipinski definition) is 1. The predicted octanol–water partition coefficient (Wildman–Crippen LogP) is 0.348. The molecule has 0 aliphatic heterocycles. The van der Waals surface area contributed by atoms with E-state index in [9.17, 15) is 9.59 Å². The summed E-state index contributed by atoms with van der Waals surface area (Å²) in [5.74, 6) is 0.0139. The Morgan fingerprint density at radius 1 is 1.44 bits per heavy atom. The van der Waals surface area contributed by atoms with Gasteiger partial charge in [-0.15, -0.1) is 0 Å². The van der Waals surface area contributed by atoms with Gasteiger partial charge in [-0.3, -0.25) is 9.59 Å². The molecular formula is C6H13NO2. The number of nitrogens with one attached hydrogen (secondary N) is 1. The van der Waals surface area contributed by atoms with E-state index >= 15 is 0 Å². The summed E-state index contributed by atoms with van der Waals surface area (Å²) in [5, 5.41) is 2.52. The van der Waals surface area contributed by atoms with Crippen LogP contribution in [0.4, 0.5) is 0 Å². The maximum absolute atomic E-state index is 10.3. The lowest BCUT2D eigenvalue weighted by atomic mass is 10.3. The zero-order valence-electron chi connectivity index (χ0n) is 5.73. The van der Waals surface area contributed by atoms with Gasteiger partial charge in [0.05, 0.1) is 0 Å². The smallest absolute Gasteiger partial charge is 0.216 e. The van der Waals surface area contributed by atoms with Crippen LogP contribution in [0.25, 0.3) is 0 Å². The Morgan fingerprint density at radius 2 is 2.00 bits per heavy atom. The molecule has 0 saturated heterocycles. The van der Waals surface area contributed by atoms with Gasteiger partial charge in [0.1, 0.15) is 5.78 Å². The fraction of sp³-hybridized carbons (Fsp3) is 0.667. The third kappa shape index (κ3) is 7.14. The molecule has 3 nitrogen and oxygen atoms in total. The van der Waals surface area contributed by atoms with Crippen molar-refractivity contribution in [3.8, 4) is 0 Å².